The van der Waals surface area contributed by atoms with Crippen LogP contribution in [0.25, 0.3) is 0 Å². The largest absolute Gasteiger partial charge is 0.481 e. The molecule has 8 heteroatoms. The second-order valence-electron chi connectivity index (χ2n) is 3.87. The number of carboxylic acid groups (broad SMARTS) is 1. The van der Waals surface area contributed by atoms with E-state index in [2.05, 4.69) is 15.5 Å². The number of hydrogen-bond donors (Lipinski definition) is 2. The molecule has 1 fully saturated rings. The van der Waals surface area contributed by atoms with Crippen LogP contribution in [0.3, 0.4) is 0 Å². The number of amides is 2. The summed E-state index contributed by atoms with van der Waals surface area (Å²) in [6.45, 7) is 1.07. The molecule has 2 heterocycles. The van der Waals surface area contributed by atoms with Crippen molar-refractivity contribution in [3.05, 3.63) is 5.51 Å². The van der Waals surface area contributed by atoms with E-state index in [-0.39, 0.29) is 18.4 Å². The minimum absolute atomic E-state index is 0.0488. The summed E-state index contributed by atoms with van der Waals surface area (Å²) in [5.74, 6) is -0.769. The van der Waals surface area contributed by atoms with Crippen molar-refractivity contribution in [3.8, 4) is 0 Å². The van der Waals surface area contributed by atoms with Gasteiger partial charge in [-0.1, -0.05) is 11.3 Å². The number of rotatable bonds is 3. The van der Waals surface area contributed by atoms with Crippen LogP contribution in [0.5, 0.6) is 0 Å². The number of likely N-dealkylation sites (tertiary alicyclic amines) is 1. The van der Waals surface area contributed by atoms with Crippen molar-refractivity contribution in [2.24, 2.45) is 5.92 Å². The quantitative estimate of drug-likeness (QED) is 0.836. The smallest absolute Gasteiger partial charge is 0.323 e. The van der Waals surface area contributed by atoms with Crippen molar-refractivity contribution in [2.75, 3.05) is 18.4 Å². The van der Waals surface area contributed by atoms with Crippen LogP contribution in [0, 0.1) is 5.92 Å². The lowest BCUT2D eigenvalue weighted by Gasteiger charge is -2.15. The van der Waals surface area contributed by atoms with Gasteiger partial charge in [0.15, 0.2) is 0 Å². The molecule has 1 aliphatic heterocycles. The number of aliphatic carboxylic acids is 1. The molecule has 1 aromatic heterocycles. The maximum atomic E-state index is 11.8. The Morgan fingerprint density at radius 3 is 3.12 bits per heavy atom. The molecule has 7 nitrogen and oxygen atoms in total. The van der Waals surface area contributed by atoms with Gasteiger partial charge < -0.3 is 10.0 Å². The second kappa shape index (κ2) is 5.09. The van der Waals surface area contributed by atoms with Gasteiger partial charge in [0, 0.05) is 19.5 Å². The van der Waals surface area contributed by atoms with Crippen molar-refractivity contribution in [2.45, 2.75) is 12.8 Å². The molecule has 1 saturated heterocycles. The predicted octanol–water partition coefficient (Wildman–Crippen LogP) is 0.867. The van der Waals surface area contributed by atoms with Crippen LogP contribution >= 0.6 is 11.3 Å². The lowest BCUT2D eigenvalue weighted by Crippen LogP contribution is -2.33. The molecule has 0 radical (unpaired) electrons. The molecule has 2 rings (SSSR count). The Hall–Kier alpha value is -1.70. The van der Waals surface area contributed by atoms with Gasteiger partial charge in [0.2, 0.25) is 5.13 Å². The molecule has 1 unspecified atom stereocenters. The summed E-state index contributed by atoms with van der Waals surface area (Å²) in [6, 6.07) is -0.241. The number of nitrogens with one attached hydrogen (secondary N) is 1. The third-order valence-electron chi connectivity index (χ3n) is 2.61. The SMILES string of the molecule is O=C(O)CC1CCN(C(=O)Nc2nncs2)C1. The molecule has 2 N–H and O–H groups in total. The first-order valence-corrected chi connectivity index (χ1v) is 6.07. The normalized spacial score (nSPS) is 19.3. The van der Waals surface area contributed by atoms with E-state index < -0.39 is 5.97 Å². The highest BCUT2D eigenvalue weighted by molar-refractivity contribution is 7.13. The fourth-order valence-corrected chi connectivity index (χ4v) is 2.26. The van der Waals surface area contributed by atoms with Gasteiger partial charge in [-0.15, -0.1) is 10.2 Å². The fraction of sp³-hybridized carbons (Fsp3) is 0.556. The van der Waals surface area contributed by atoms with E-state index in [0.717, 1.165) is 6.42 Å². The Morgan fingerprint density at radius 1 is 1.65 bits per heavy atom. The Kier molecular flexibility index (Phi) is 3.52. The van der Waals surface area contributed by atoms with Crippen LogP contribution in [0.4, 0.5) is 9.93 Å². The molecule has 0 bridgehead atoms. The zero-order valence-corrected chi connectivity index (χ0v) is 9.81. The van der Waals surface area contributed by atoms with Crippen molar-refractivity contribution in [1.82, 2.24) is 15.1 Å². The molecule has 0 saturated carbocycles. The van der Waals surface area contributed by atoms with Crippen molar-refractivity contribution < 1.29 is 14.7 Å². The summed E-state index contributed by atoms with van der Waals surface area (Å²) in [5, 5.41) is 19.1. The van der Waals surface area contributed by atoms with E-state index in [1.807, 2.05) is 0 Å². The molecule has 1 aromatic rings. The highest BCUT2D eigenvalue weighted by atomic mass is 32.1. The standard InChI is InChI=1S/C9H12N4O3S/c14-7(15)3-6-1-2-13(4-6)9(16)11-8-12-10-5-17-8/h5-6H,1-4H2,(H,14,15)(H,11,12,16). The fourth-order valence-electron chi connectivity index (χ4n) is 1.83. The zero-order chi connectivity index (χ0) is 12.3. The Balaban J connectivity index is 1.83. The highest BCUT2D eigenvalue weighted by Gasteiger charge is 2.27. The summed E-state index contributed by atoms with van der Waals surface area (Å²) in [5.41, 5.74) is 1.53. The Bertz CT molecular complexity index is 408. The molecule has 0 aliphatic carbocycles. The van der Waals surface area contributed by atoms with Gasteiger partial charge in [-0.25, -0.2) is 4.79 Å². The maximum absolute atomic E-state index is 11.8. The third kappa shape index (κ3) is 3.13. The second-order valence-corrected chi connectivity index (χ2v) is 4.71. The summed E-state index contributed by atoms with van der Waals surface area (Å²) in [7, 11) is 0. The monoisotopic (exact) mass is 256 g/mol. The van der Waals surface area contributed by atoms with E-state index in [0.29, 0.717) is 18.2 Å². The summed E-state index contributed by atoms with van der Waals surface area (Å²) in [4.78, 5) is 23.9. The molecule has 1 atom stereocenters. The van der Waals surface area contributed by atoms with Gasteiger partial charge in [0.05, 0.1) is 0 Å². The lowest BCUT2D eigenvalue weighted by atomic mass is 10.1. The van der Waals surface area contributed by atoms with Crippen LogP contribution in [-0.4, -0.2) is 45.3 Å². The maximum Gasteiger partial charge on any atom is 0.323 e. The van der Waals surface area contributed by atoms with E-state index in [1.165, 1.54) is 16.8 Å². The number of hydrogen-bond acceptors (Lipinski definition) is 5. The summed E-state index contributed by atoms with van der Waals surface area (Å²) < 4.78 is 0. The van der Waals surface area contributed by atoms with Gasteiger partial charge in [0.1, 0.15) is 5.51 Å². The number of carbonyl (C=O) groups is 2. The minimum Gasteiger partial charge on any atom is -0.481 e. The number of nitrogens with zero attached hydrogens (tertiary/aromatic N) is 3. The number of carboxylic acids is 1. The van der Waals surface area contributed by atoms with Crippen molar-refractivity contribution in [3.63, 3.8) is 0 Å². The molecule has 92 valence electrons. The first-order valence-electron chi connectivity index (χ1n) is 5.19. The molecule has 0 aromatic carbocycles. The van der Waals surface area contributed by atoms with Gasteiger partial charge in [0.25, 0.3) is 0 Å². The van der Waals surface area contributed by atoms with Crippen LogP contribution in [0.15, 0.2) is 5.51 Å². The summed E-state index contributed by atoms with van der Waals surface area (Å²) >= 11 is 1.25. The summed E-state index contributed by atoms with van der Waals surface area (Å²) in [6.07, 6.45) is 0.846. The van der Waals surface area contributed by atoms with Crippen LogP contribution < -0.4 is 5.32 Å². The topological polar surface area (TPSA) is 95.4 Å². The highest BCUT2D eigenvalue weighted by Crippen LogP contribution is 2.20. The molecular formula is C9H12N4O3S. The minimum atomic E-state index is -0.818. The van der Waals surface area contributed by atoms with Gasteiger partial charge in [-0.2, -0.15) is 0 Å². The Morgan fingerprint density at radius 2 is 2.47 bits per heavy atom. The molecular weight excluding hydrogens is 244 g/mol. The predicted molar refractivity (Wildman–Crippen MR) is 60.9 cm³/mol. The van der Waals surface area contributed by atoms with Gasteiger partial charge >= 0.3 is 12.0 Å². The molecule has 0 spiro atoms. The average molecular weight is 256 g/mol. The van der Waals surface area contributed by atoms with Crippen LogP contribution in [0.2, 0.25) is 0 Å². The number of aromatic nitrogens is 2. The van der Waals surface area contributed by atoms with E-state index in [4.69, 9.17) is 5.11 Å². The third-order valence-corrected chi connectivity index (χ3v) is 3.22. The first kappa shape index (κ1) is 11.8. The van der Waals surface area contributed by atoms with Crippen molar-refractivity contribution >= 4 is 28.5 Å². The van der Waals surface area contributed by atoms with Gasteiger partial charge in [-0.3, -0.25) is 10.1 Å². The first-order chi connectivity index (χ1) is 8.15. The molecule has 2 amide bonds. The lowest BCUT2D eigenvalue weighted by molar-refractivity contribution is -0.138. The number of urea groups is 1. The zero-order valence-electron chi connectivity index (χ0n) is 9.00. The van der Waals surface area contributed by atoms with E-state index >= 15 is 0 Å². The Labute approximate surface area is 101 Å². The van der Waals surface area contributed by atoms with E-state index in [9.17, 15) is 9.59 Å². The van der Waals surface area contributed by atoms with Crippen LogP contribution in [-0.2, 0) is 4.79 Å². The van der Waals surface area contributed by atoms with E-state index in [1.54, 1.807) is 4.90 Å². The van der Waals surface area contributed by atoms with Crippen molar-refractivity contribution in [1.29, 1.82) is 0 Å². The van der Waals surface area contributed by atoms with Gasteiger partial charge in [-0.05, 0) is 12.3 Å². The molecule has 17 heavy (non-hydrogen) atoms. The number of anilines is 1. The average Bonchev–Trinajstić information content (AvgIpc) is 2.87. The van der Waals surface area contributed by atoms with Crippen LogP contribution in [0.1, 0.15) is 12.8 Å². The number of carbonyl (C=O) groups excluding carboxylic acids is 1. The molecule has 1 aliphatic rings.